The molecule has 0 spiro atoms. The van der Waals surface area contributed by atoms with Crippen molar-refractivity contribution < 1.29 is 28.4 Å². The number of nitrogens with zero attached hydrogens (tertiary/aromatic N) is 7. The fraction of sp³-hybridized carbons (Fsp3) is 0.414. The summed E-state index contributed by atoms with van der Waals surface area (Å²) in [6.45, 7) is 23.1. The van der Waals surface area contributed by atoms with Gasteiger partial charge in [-0.2, -0.15) is 0 Å². The standard InChI is InChI=1S/C87H108N7O6/c1-85(2,3)67-37-55-31-61-43-76(92(10,11)12)45-63(79(61)95-19)33-57-39-68(86(4,5)6)41-59-35-65-47-78(94(16,17)18)48-66(81(65)97-21)36-60-42-69(87(7,8)9)40-58-34-64-46-77(93(13,14)15)44-62(80(64)96-20)32-56(38-67)82(55)98-52-73-28-22-25-70(88-73)49-91(50-71-26-23-29-74(89-71)53-99-83(57)59)51-72-27-24-30-75(90-72)54-100-84(58)60/h22-30,37-48H,31-36,49-54H2,1-21H3/q+3. The average molecular weight is 1350 g/mol. The third-order valence-corrected chi connectivity index (χ3v) is 20.1. The van der Waals surface area contributed by atoms with Gasteiger partial charge in [-0.1, -0.05) is 117 Å². The minimum absolute atomic E-state index is 0.231. The van der Waals surface area contributed by atoms with Crippen molar-refractivity contribution >= 4 is 17.1 Å². The molecular weight excluding hydrogens is 1240 g/mol. The fourth-order valence-corrected chi connectivity index (χ4v) is 14.5. The molecule has 0 aliphatic carbocycles. The molecule has 16 bridgehead atoms. The van der Waals surface area contributed by atoms with Gasteiger partial charge in [0, 0.05) is 128 Å². The summed E-state index contributed by atoms with van der Waals surface area (Å²) in [7, 11) is 25.7. The van der Waals surface area contributed by atoms with Crippen LogP contribution in [0.5, 0.6) is 34.5 Å². The van der Waals surface area contributed by atoms with Crippen LogP contribution >= 0.6 is 0 Å². The van der Waals surface area contributed by atoms with Crippen LogP contribution in [0.2, 0.25) is 0 Å². The van der Waals surface area contributed by atoms with Gasteiger partial charge in [0.15, 0.2) is 0 Å². The second kappa shape index (κ2) is 27.4. The summed E-state index contributed by atoms with van der Waals surface area (Å²) in [5, 5.41) is 0. The summed E-state index contributed by atoms with van der Waals surface area (Å²) < 4.78 is 45.1. The lowest BCUT2D eigenvalue weighted by Crippen LogP contribution is -2.35. The predicted molar refractivity (Wildman–Crippen MR) is 409 cm³/mol. The zero-order valence-electron chi connectivity index (χ0n) is 63.7. The first-order valence-electron chi connectivity index (χ1n) is 35.6. The molecule has 524 valence electrons. The zero-order valence-corrected chi connectivity index (χ0v) is 63.7. The fourth-order valence-electron chi connectivity index (χ4n) is 14.5. The molecule has 0 N–H and O–H groups in total. The SMILES string of the molecule is COc1c2cc([N+](C)(C)C)cc1Cc1cc(C(C)(C)C)cc3c1OCc1cccc(n1)CN1Cc4cccc(n4)COc4c(cc(C(C)(C)C)cc4Cc4cc([N+](C)(C)C)cc(c4OC)Cc4cc(C(C)(C)C)cc(c4OCc4cccc(n4)C1)Cc1cc([N+](C)(C)C)cc(c1OC)C3)C2. The molecule has 6 heterocycles. The summed E-state index contributed by atoms with van der Waals surface area (Å²) in [5.41, 5.74) is 24.2. The van der Waals surface area contributed by atoms with Crippen LogP contribution in [-0.4, -0.2) is 105 Å². The number of hydrogen-bond acceptors (Lipinski definition) is 10. The quantitative estimate of drug-likeness (QED) is 0.150. The Kier molecular flexibility index (Phi) is 19.5. The second-order valence-electron chi connectivity index (χ2n) is 34.0. The Morgan fingerprint density at radius 3 is 0.710 bits per heavy atom. The largest absolute Gasteiger partial charge is 0.496 e. The van der Waals surface area contributed by atoms with E-state index in [4.69, 9.17) is 43.4 Å². The van der Waals surface area contributed by atoms with Crippen molar-refractivity contribution in [1.29, 1.82) is 0 Å². The van der Waals surface area contributed by atoms with E-state index in [1.54, 1.807) is 0 Å². The molecule has 3 aromatic heterocycles. The van der Waals surface area contributed by atoms with E-state index in [1.807, 2.05) is 21.3 Å². The molecule has 12 rings (SSSR count). The number of pyridine rings is 3. The Labute approximate surface area is 596 Å². The Hall–Kier alpha value is -8.59. The van der Waals surface area contributed by atoms with Crippen LogP contribution in [-0.2, 0) is 94.2 Å². The normalized spacial score (nSPS) is 15.0. The molecule has 6 aromatic carbocycles. The number of quaternary nitrogens is 3. The lowest BCUT2D eigenvalue weighted by atomic mass is 9.81. The molecule has 0 saturated carbocycles. The number of fused-ring (bicyclic) bond motifs is 9. The van der Waals surface area contributed by atoms with Gasteiger partial charge >= 0.3 is 0 Å². The summed E-state index contributed by atoms with van der Waals surface area (Å²) in [5.74, 6) is 4.95. The average Bonchev–Trinajstić information content (AvgIpc) is 0.773. The maximum Gasteiger partial charge on any atom is 0.133 e. The maximum atomic E-state index is 7.57. The number of aromatic nitrogens is 3. The molecule has 0 radical (unpaired) electrons. The van der Waals surface area contributed by atoms with E-state index < -0.39 is 0 Å². The van der Waals surface area contributed by atoms with Crippen LogP contribution in [0.1, 0.15) is 180 Å². The van der Waals surface area contributed by atoms with Crippen molar-refractivity contribution in [1.82, 2.24) is 33.3 Å². The number of methoxy groups -OCH3 is 3. The van der Waals surface area contributed by atoms with Gasteiger partial charge in [-0.3, -0.25) is 33.3 Å². The molecular formula is C87H108N7O6+3. The highest BCUT2D eigenvalue weighted by molar-refractivity contribution is 5.65. The number of ether oxygens (including phenoxy) is 6. The number of rotatable bonds is 6. The summed E-state index contributed by atoms with van der Waals surface area (Å²) in [6.07, 6.45) is 3.05. The van der Waals surface area contributed by atoms with E-state index in [0.29, 0.717) is 71.6 Å². The van der Waals surface area contributed by atoms with E-state index >= 15 is 0 Å². The van der Waals surface area contributed by atoms with Gasteiger partial charge < -0.3 is 28.4 Å². The predicted octanol–water partition coefficient (Wildman–Crippen LogP) is 16.8. The van der Waals surface area contributed by atoms with Crippen LogP contribution in [0.4, 0.5) is 17.1 Å². The van der Waals surface area contributed by atoms with Crippen LogP contribution < -0.4 is 41.9 Å². The minimum Gasteiger partial charge on any atom is -0.496 e. The highest BCUT2D eigenvalue weighted by Gasteiger charge is 2.33. The van der Waals surface area contributed by atoms with Crippen molar-refractivity contribution in [2.75, 3.05) is 84.8 Å². The first-order valence-corrected chi connectivity index (χ1v) is 35.6. The van der Waals surface area contributed by atoms with Crippen molar-refractivity contribution in [3.8, 4) is 34.5 Å². The third-order valence-electron chi connectivity index (χ3n) is 20.1. The molecule has 3 aliphatic heterocycles. The number of hydrogen-bond donors (Lipinski definition) is 0. The summed E-state index contributed by atoms with van der Waals surface area (Å²) in [4.78, 5) is 18.7. The Morgan fingerprint density at radius 2 is 0.520 bits per heavy atom. The highest BCUT2D eigenvalue weighted by atomic mass is 16.5. The van der Waals surface area contributed by atoms with Gasteiger partial charge in [0.05, 0.1) is 119 Å². The smallest absolute Gasteiger partial charge is 0.133 e. The Balaban J connectivity index is 1.26. The van der Waals surface area contributed by atoms with E-state index in [1.165, 1.54) is 16.7 Å². The van der Waals surface area contributed by atoms with E-state index in [-0.39, 0.29) is 36.1 Å². The van der Waals surface area contributed by atoms with Gasteiger partial charge in [-0.05, 0) is 103 Å². The molecule has 13 nitrogen and oxygen atoms in total. The Morgan fingerprint density at radius 1 is 0.310 bits per heavy atom. The van der Waals surface area contributed by atoms with Crippen LogP contribution in [0.25, 0.3) is 0 Å². The van der Waals surface area contributed by atoms with Gasteiger partial charge in [0.2, 0.25) is 0 Å². The van der Waals surface area contributed by atoms with E-state index in [0.717, 1.165) is 152 Å². The van der Waals surface area contributed by atoms with Crippen molar-refractivity contribution in [2.45, 2.75) is 157 Å². The van der Waals surface area contributed by atoms with Crippen LogP contribution in [0, 0.1) is 0 Å². The monoisotopic (exact) mass is 1350 g/mol. The molecule has 0 saturated heterocycles. The Bertz CT molecular complexity index is 3960. The van der Waals surface area contributed by atoms with Crippen molar-refractivity contribution in [3.05, 3.63) is 245 Å². The topological polar surface area (TPSA) is 97.3 Å². The van der Waals surface area contributed by atoms with Gasteiger partial charge in [0.1, 0.15) is 71.4 Å². The van der Waals surface area contributed by atoms with Crippen LogP contribution in [0.3, 0.4) is 0 Å². The van der Waals surface area contributed by atoms with Gasteiger partial charge in [0.25, 0.3) is 0 Å². The van der Waals surface area contributed by atoms with E-state index in [2.05, 4.69) is 258 Å². The zero-order chi connectivity index (χ0) is 71.6. The molecule has 0 atom stereocenters. The van der Waals surface area contributed by atoms with Crippen LogP contribution in [0.15, 0.2) is 127 Å². The third kappa shape index (κ3) is 15.8. The lowest BCUT2D eigenvalue weighted by Gasteiger charge is -2.29. The minimum atomic E-state index is -0.252. The first kappa shape index (κ1) is 71.2. The van der Waals surface area contributed by atoms with Gasteiger partial charge in [-0.25, -0.2) is 0 Å². The molecule has 0 unspecified atom stereocenters. The second-order valence-corrected chi connectivity index (χ2v) is 34.0. The van der Waals surface area contributed by atoms with Gasteiger partial charge in [-0.15, -0.1) is 0 Å². The lowest BCUT2D eigenvalue weighted by molar-refractivity contribution is 0.235. The number of benzene rings is 6. The molecule has 0 fully saturated rings. The summed E-state index contributed by atoms with van der Waals surface area (Å²) in [6, 6.07) is 47.4. The molecule has 3 aliphatic rings. The molecule has 9 aromatic rings. The maximum absolute atomic E-state index is 7.57. The molecule has 0 amide bonds. The van der Waals surface area contributed by atoms with Crippen molar-refractivity contribution in [2.24, 2.45) is 0 Å². The molecule has 13 heteroatoms. The van der Waals surface area contributed by atoms with E-state index in [9.17, 15) is 0 Å². The summed E-state index contributed by atoms with van der Waals surface area (Å²) >= 11 is 0. The first-order chi connectivity index (χ1) is 47.1. The highest BCUT2D eigenvalue weighted by Crippen LogP contribution is 2.47. The van der Waals surface area contributed by atoms with Crippen molar-refractivity contribution in [3.63, 3.8) is 0 Å². The molecule has 100 heavy (non-hydrogen) atoms.